The molecule has 3 rings (SSSR count). The van der Waals surface area contributed by atoms with Gasteiger partial charge in [0, 0.05) is 16.1 Å². The van der Waals surface area contributed by atoms with E-state index in [0.29, 0.717) is 34.1 Å². The summed E-state index contributed by atoms with van der Waals surface area (Å²) >= 11 is 6.04. The molecule has 1 N–H and O–H groups in total. The third kappa shape index (κ3) is 5.45. The normalized spacial score (nSPS) is 11.2. The van der Waals surface area contributed by atoms with Crippen molar-refractivity contribution in [2.24, 2.45) is 0 Å². The van der Waals surface area contributed by atoms with Crippen molar-refractivity contribution in [2.45, 2.75) is 39.7 Å². The van der Waals surface area contributed by atoms with E-state index in [9.17, 15) is 9.59 Å². The van der Waals surface area contributed by atoms with Gasteiger partial charge in [-0.2, -0.15) is 5.10 Å². The van der Waals surface area contributed by atoms with Gasteiger partial charge < -0.3 is 4.74 Å². The Morgan fingerprint density at radius 1 is 1.12 bits per heavy atom. The number of carbonyl (C=O) groups is 2. The van der Waals surface area contributed by atoms with E-state index in [2.05, 4.69) is 17.0 Å². The van der Waals surface area contributed by atoms with Crippen LogP contribution in [0.25, 0.3) is 5.69 Å². The van der Waals surface area contributed by atoms with E-state index in [0.717, 1.165) is 5.56 Å². The summed E-state index contributed by atoms with van der Waals surface area (Å²) in [6.45, 7) is 11.1. The lowest BCUT2D eigenvalue weighted by Crippen LogP contribution is -2.28. The van der Waals surface area contributed by atoms with Crippen molar-refractivity contribution in [1.82, 2.24) is 9.78 Å². The summed E-state index contributed by atoms with van der Waals surface area (Å²) in [5, 5.41) is 7.92. The van der Waals surface area contributed by atoms with Gasteiger partial charge in [0.2, 0.25) is 5.78 Å². The number of nitrogens with one attached hydrogen (secondary N) is 1. The number of anilines is 1. The molecule has 0 aliphatic rings. The predicted octanol–water partition coefficient (Wildman–Crippen LogP) is 6.14. The van der Waals surface area contributed by atoms with E-state index < -0.39 is 11.7 Å². The highest BCUT2D eigenvalue weighted by atomic mass is 35.5. The maximum Gasteiger partial charge on any atom is 0.413 e. The van der Waals surface area contributed by atoms with Gasteiger partial charge in [-0.1, -0.05) is 47.5 Å². The molecule has 32 heavy (non-hydrogen) atoms. The highest BCUT2D eigenvalue weighted by molar-refractivity contribution is 6.30. The van der Waals surface area contributed by atoms with Gasteiger partial charge in [0.1, 0.15) is 17.1 Å². The minimum absolute atomic E-state index is 0.231. The quantitative estimate of drug-likeness (QED) is 0.361. The topological polar surface area (TPSA) is 73.2 Å². The van der Waals surface area contributed by atoms with Crippen molar-refractivity contribution in [1.29, 1.82) is 0 Å². The predicted molar refractivity (Wildman–Crippen MR) is 127 cm³/mol. The second kappa shape index (κ2) is 9.40. The molecule has 0 aliphatic heterocycles. The number of aryl methyl sites for hydroxylation is 1. The number of nitrogens with zero attached hydrogens (tertiary/aromatic N) is 2. The molecule has 0 radical (unpaired) electrons. The largest absolute Gasteiger partial charge is 0.444 e. The van der Waals surface area contributed by atoms with Gasteiger partial charge in [0.05, 0.1) is 5.69 Å². The number of allylic oxidation sites excluding steroid dienone is 1. The molecule has 0 atom stereocenters. The van der Waals surface area contributed by atoms with Gasteiger partial charge in [0.25, 0.3) is 0 Å². The lowest BCUT2D eigenvalue weighted by Gasteiger charge is -2.20. The van der Waals surface area contributed by atoms with Gasteiger partial charge in [0.15, 0.2) is 0 Å². The standard InChI is InChI=1S/C25H26ClN3O3/c1-6-7-20-21(22(30)17-10-8-16(2)9-11-17)28-29(19-14-12-18(26)13-15-19)23(20)27-24(31)32-25(3,4)5/h6,8-15H,1,7H2,2-5H3,(H,27,31). The lowest BCUT2D eigenvalue weighted by atomic mass is 10.0. The van der Waals surface area contributed by atoms with Crippen LogP contribution in [0.1, 0.15) is 48.0 Å². The van der Waals surface area contributed by atoms with Gasteiger partial charge in [-0.25, -0.2) is 9.48 Å². The Balaban J connectivity index is 2.15. The summed E-state index contributed by atoms with van der Waals surface area (Å²) in [6, 6.07) is 14.2. The van der Waals surface area contributed by atoms with Crippen LogP contribution >= 0.6 is 11.6 Å². The van der Waals surface area contributed by atoms with Crippen LogP contribution in [0.15, 0.2) is 61.2 Å². The number of aromatic nitrogens is 2. The highest BCUT2D eigenvalue weighted by Crippen LogP contribution is 2.28. The zero-order valence-corrected chi connectivity index (χ0v) is 19.4. The van der Waals surface area contributed by atoms with Crippen LogP contribution in [0, 0.1) is 6.92 Å². The first-order chi connectivity index (χ1) is 15.1. The number of ether oxygens (including phenoxy) is 1. The summed E-state index contributed by atoms with van der Waals surface area (Å²) in [5.41, 5.74) is 2.28. The molecule has 2 aromatic carbocycles. The van der Waals surface area contributed by atoms with Crippen molar-refractivity contribution in [3.8, 4) is 5.69 Å². The maximum absolute atomic E-state index is 13.3. The average molecular weight is 452 g/mol. The number of hydrogen-bond donors (Lipinski definition) is 1. The molecule has 0 bridgehead atoms. The SMILES string of the molecule is C=CCc1c(C(=O)c2ccc(C)cc2)nn(-c2ccc(Cl)cc2)c1NC(=O)OC(C)(C)C. The van der Waals surface area contributed by atoms with Crippen LogP contribution in [-0.4, -0.2) is 27.3 Å². The molecule has 1 heterocycles. The fourth-order valence-corrected chi connectivity index (χ4v) is 3.24. The molecule has 6 nitrogen and oxygen atoms in total. The zero-order chi connectivity index (χ0) is 23.5. The fourth-order valence-electron chi connectivity index (χ4n) is 3.11. The van der Waals surface area contributed by atoms with E-state index in [1.165, 1.54) is 4.68 Å². The van der Waals surface area contributed by atoms with Crippen LogP contribution in [0.3, 0.4) is 0 Å². The third-order valence-electron chi connectivity index (χ3n) is 4.55. The molecule has 1 amide bonds. The monoisotopic (exact) mass is 451 g/mol. The summed E-state index contributed by atoms with van der Waals surface area (Å²) in [6.07, 6.45) is 1.34. The van der Waals surface area contributed by atoms with Gasteiger partial charge >= 0.3 is 6.09 Å². The van der Waals surface area contributed by atoms with Crippen LogP contribution in [0.2, 0.25) is 5.02 Å². The Hall–Kier alpha value is -3.38. The van der Waals surface area contributed by atoms with Crippen molar-refractivity contribution >= 4 is 29.3 Å². The van der Waals surface area contributed by atoms with Crippen molar-refractivity contribution in [3.63, 3.8) is 0 Å². The lowest BCUT2D eigenvalue weighted by molar-refractivity contribution is 0.0634. The van der Waals surface area contributed by atoms with Crippen LogP contribution in [0.4, 0.5) is 10.6 Å². The van der Waals surface area contributed by atoms with E-state index in [-0.39, 0.29) is 11.5 Å². The number of rotatable bonds is 6. The molecule has 0 spiro atoms. The first-order valence-corrected chi connectivity index (χ1v) is 10.6. The molecule has 166 valence electrons. The van der Waals surface area contributed by atoms with Crippen LogP contribution in [0.5, 0.6) is 0 Å². The molecular formula is C25H26ClN3O3. The average Bonchev–Trinajstić information content (AvgIpc) is 3.05. The smallest absolute Gasteiger partial charge is 0.413 e. The number of hydrogen-bond acceptors (Lipinski definition) is 4. The van der Waals surface area contributed by atoms with Gasteiger partial charge in [-0.15, -0.1) is 6.58 Å². The van der Waals surface area contributed by atoms with Gasteiger partial charge in [-0.3, -0.25) is 10.1 Å². The molecule has 3 aromatic rings. The Morgan fingerprint density at radius 3 is 2.31 bits per heavy atom. The molecule has 0 saturated heterocycles. The maximum atomic E-state index is 13.3. The van der Waals surface area contributed by atoms with E-state index in [4.69, 9.17) is 16.3 Å². The van der Waals surface area contributed by atoms with Crippen LogP contribution in [-0.2, 0) is 11.2 Å². The molecule has 0 unspecified atom stereocenters. The number of halogens is 1. The molecule has 1 aromatic heterocycles. The van der Waals surface area contributed by atoms with E-state index in [1.807, 2.05) is 19.1 Å². The molecule has 0 saturated carbocycles. The summed E-state index contributed by atoms with van der Waals surface area (Å²) < 4.78 is 6.94. The van der Waals surface area contributed by atoms with Crippen LogP contribution < -0.4 is 5.32 Å². The first kappa shape index (κ1) is 23.3. The number of ketones is 1. The number of benzene rings is 2. The minimum Gasteiger partial charge on any atom is -0.444 e. The minimum atomic E-state index is -0.686. The number of carbonyl (C=O) groups excluding carboxylic acids is 2. The molecule has 0 aliphatic carbocycles. The Morgan fingerprint density at radius 2 is 1.75 bits per heavy atom. The first-order valence-electron chi connectivity index (χ1n) is 10.2. The van der Waals surface area contributed by atoms with Gasteiger partial charge in [-0.05, 0) is 58.4 Å². The summed E-state index contributed by atoms with van der Waals surface area (Å²) in [4.78, 5) is 25.9. The van der Waals surface area contributed by atoms with E-state index >= 15 is 0 Å². The molecule has 7 heteroatoms. The summed E-state index contributed by atoms with van der Waals surface area (Å²) in [5.74, 6) is 0.0961. The molecular weight excluding hydrogens is 426 g/mol. The van der Waals surface area contributed by atoms with Crippen molar-refractivity contribution in [2.75, 3.05) is 5.32 Å². The zero-order valence-electron chi connectivity index (χ0n) is 18.6. The Bertz CT molecular complexity index is 1140. The van der Waals surface area contributed by atoms with Crippen molar-refractivity contribution < 1.29 is 14.3 Å². The Labute approximate surface area is 192 Å². The van der Waals surface area contributed by atoms with Crippen molar-refractivity contribution in [3.05, 3.63) is 88.6 Å². The second-order valence-electron chi connectivity index (χ2n) is 8.38. The third-order valence-corrected chi connectivity index (χ3v) is 4.80. The van der Waals surface area contributed by atoms with E-state index in [1.54, 1.807) is 63.2 Å². The fraction of sp³-hybridized carbons (Fsp3) is 0.240. The summed E-state index contributed by atoms with van der Waals surface area (Å²) in [7, 11) is 0. The second-order valence-corrected chi connectivity index (χ2v) is 8.82. The number of amides is 1. The highest BCUT2D eigenvalue weighted by Gasteiger charge is 2.26. The Kier molecular flexibility index (Phi) is 6.84. The molecule has 0 fully saturated rings.